The molecule has 0 fully saturated rings. The molecular formula is C13H14N2O3S. The second-order valence-electron chi connectivity index (χ2n) is 4.66. The molecule has 0 aliphatic heterocycles. The van der Waals surface area contributed by atoms with E-state index < -0.39 is 0 Å². The third-order valence-electron chi connectivity index (χ3n) is 3.24. The van der Waals surface area contributed by atoms with Gasteiger partial charge in [0, 0.05) is 23.6 Å². The van der Waals surface area contributed by atoms with Crippen LogP contribution >= 0.6 is 11.3 Å². The number of aromatic nitrogens is 2. The SMILES string of the molecule is CC(=O)OCc1cc(=O)n2c3c(sc2n1)CCCC3. The maximum atomic E-state index is 12.2. The highest BCUT2D eigenvalue weighted by Gasteiger charge is 2.18. The Balaban J connectivity index is 2.06. The van der Waals surface area contributed by atoms with Crippen molar-refractivity contribution < 1.29 is 9.53 Å². The maximum Gasteiger partial charge on any atom is 0.303 e. The van der Waals surface area contributed by atoms with E-state index in [0.717, 1.165) is 25.0 Å². The van der Waals surface area contributed by atoms with Crippen LogP contribution in [0.4, 0.5) is 0 Å². The third kappa shape index (κ3) is 2.28. The highest BCUT2D eigenvalue weighted by molar-refractivity contribution is 7.17. The van der Waals surface area contributed by atoms with Crippen LogP contribution in [0.5, 0.6) is 0 Å². The van der Waals surface area contributed by atoms with Gasteiger partial charge >= 0.3 is 5.97 Å². The summed E-state index contributed by atoms with van der Waals surface area (Å²) in [6.07, 6.45) is 4.28. The smallest absolute Gasteiger partial charge is 0.303 e. The van der Waals surface area contributed by atoms with Gasteiger partial charge in [0.2, 0.25) is 0 Å². The van der Waals surface area contributed by atoms with Crippen molar-refractivity contribution in [2.75, 3.05) is 0 Å². The third-order valence-corrected chi connectivity index (χ3v) is 4.38. The van der Waals surface area contributed by atoms with Gasteiger partial charge in [0.25, 0.3) is 5.56 Å². The summed E-state index contributed by atoms with van der Waals surface area (Å²) in [5.74, 6) is -0.368. The fraction of sp³-hybridized carbons (Fsp3) is 0.462. The first-order valence-electron chi connectivity index (χ1n) is 6.32. The number of rotatable bonds is 2. The Labute approximate surface area is 113 Å². The van der Waals surface area contributed by atoms with Crippen molar-refractivity contribution in [2.45, 2.75) is 39.2 Å². The van der Waals surface area contributed by atoms with Crippen LogP contribution in [0.1, 0.15) is 36.0 Å². The minimum Gasteiger partial charge on any atom is -0.459 e. The van der Waals surface area contributed by atoms with Gasteiger partial charge < -0.3 is 4.74 Å². The van der Waals surface area contributed by atoms with Crippen molar-refractivity contribution in [1.82, 2.24) is 9.38 Å². The van der Waals surface area contributed by atoms with Gasteiger partial charge in [-0.2, -0.15) is 0 Å². The monoisotopic (exact) mass is 278 g/mol. The first kappa shape index (κ1) is 12.3. The normalized spacial score (nSPS) is 14.4. The lowest BCUT2D eigenvalue weighted by atomic mass is 10.0. The van der Waals surface area contributed by atoms with Crippen molar-refractivity contribution in [3.8, 4) is 0 Å². The fourth-order valence-corrected chi connectivity index (χ4v) is 3.62. The predicted octanol–water partition coefficient (Wildman–Crippen LogP) is 1.70. The summed E-state index contributed by atoms with van der Waals surface area (Å²) in [5.41, 5.74) is 1.55. The second kappa shape index (κ2) is 4.77. The van der Waals surface area contributed by atoms with Crippen molar-refractivity contribution >= 4 is 22.3 Å². The molecule has 0 unspecified atom stereocenters. The molecule has 6 heteroatoms. The van der Waals surface area contributed by atoms with Crippen molar-refractivity contribution in [2.24, 2.45) is 0 Å². The van der Waals surface area contributed by atoms with E-state index in [9.17, 15) is 9.59 Å². The average Bonchev–Trinajstić information content (AvgIpc) is 2.74. The van der Waals surface area contributed by atoms with Crippen LogP contribution in [-0.2, 0) is 29.0 Å². The van der Waals surface area contributed by atoms with Crippen molar-refractivity contribution in [3.05, 3.63) is 32.7 Å². The Morgan fingerprint density at radius 2 is 2.26 bits per heavy atom. The van der Waals surface area contributed by atoms with Gasteiger partial charge in [0.1, 0.15) is 6.61 Å². The van der Waals surface area contributed by atoms with E-state index in [0.29, 0.717) is 10.7 Å². The molecular weight excluding hydrogens is 264 g/mol. The quantitative estimate of drug-likeness (QED) is 0.784. The summed E-state index contributed by atoms with van der Waals surface area (Å²) in [5, 5.41) is 0. The largest absolute Gasteiger partial charge is 0.459 e. The number of carbonyl (C=O) groups is 1. The zero-order valence-corrected chi connectivity index (χ0v) is 11.5. The summed E-state index contributed by atoms with van der Waals surface area (Å²) >= 11 is 1.57. The molecule has 0 saturated heterocycles. The minimum absolute atomic E-state index is 0.0592. The van der Waals surface area contributed by atoms with Gasteiger partial charge in [0.15, 0.2) is 4.96 Å². The van der Waals surface area contributed by atoms with Gasteiger partial charge in [-0.25, -0.2) is 4.98 Å². The van der Waals surface area contributed by atoms with Crippen LogP contribution in [0.15, 0.2) is 10.9 Å². The highest BCUT2D eigenvalue weighted by Crippen LogP contribution is 2.28. The van der Waals surface area contributed by atoms with Crippen molar-refractivity contribution in [1.29, 1.82) is 0 Å². The molecule has 1 aliphatic rings. The van der Waals surface area contributed by atoms with Gasteiger partial charge in [0.05, 0.1) is 5.69 Å². The molecule has 2 aromatic heterocycles. The van der Waals surface area contributed by atoms with Gasteiger partial charge in [-0.1, -0.05) is 0 Å². The maximum absolute atomic E-state index is 12.2. The Morgan fingerprint density at radius 1 is 1.47 bits per heavy atom. The first-order chi connectivity index (χ1) is 9.15. The predicted molar refractivity (Wildman–Crippen MR) is 71.5 cm³/mol. The molecule has 100 valence electrons. The molecule has 0 bridgehead atoms. The van der Waals surface area contributed by atoms with E-state index in [1.54, 1.807) is 15.7 Å². The summed E-state index contributed by atoms with van der Waals surface area (Å²) < 4.78 is 6.59. The second-order valence-corrected chi connectivity index (χ2v) is 5.73. The molecule has 5 nitrogen and oxygen atoms in total. The minimum atomic E-state index is -0.368. The lowest BCUT2D eigenvalue weighted by Gasteiger charge is -2.10. The lowest BCUT2D eigenvalue weighted by Crippen LogP contribution is -2.18. The Hall–Kier alpha value is -1.69. The number of aryl methyl sites for hydroxylation is 2. The number of fused-ring (bicyclic) bond motifs is 3. The first-order valence-corrected chi connectivity index (χ1v) is 7.13. The van der Waals surface area contributed by atoms with Crippen LogP contribution in [0, 0.1) is 0 Å². The lowest BCUT2D eigenvalue weighted by molar-refractivity contribution is -0.142. The van der Waals surface area contributed by atoms with Crippen LogP contribution in [-0.4, -0.2) is 15.4 Å². The zero-order valence-electron chi connectivity index (χ0n) is 10.6. The van der Waals surface area contributed by atoms with Crippen molar-refractivity contribution in [3.63, 3.8) is 0 Å². The molecule has 0 saturated carbocycles. The standard InChI is InChI=1S/C13H14N2O3S/c1-8(16)18-7-9-6-12(17)15-10-4-2-3-5-11(10)19-13(15)14-9/h6H,2-5,7H2,1H3. The number of nitrogens with zero attached hydrogens (tertiary/aromatic N) is 2. The van der Waals surface area contributed by atoms with Crippen LogP contribution in [0.2, 0.25) is 0 Å². The summed E-state index contributed by atoms with van der Waals surface area (Å²) in [6, 6.07) is 1.46. The number of ether oxygens (including phenoxy) is 1. The molecule has 3 rings (SSSR count). The van der Waals surface area contributed by atoms with Crippen LogP contribution in [0.3, 0.4) is 0 Å². The summed E-state index contributed by atoms with van der Waals surface area (Å²) in [4.78, 5) is 29.4. The Bertz CT molecular complexity index is 702. The molecule has 1 aliphatic carbocycles. The van der Waals surface area contributed by atoms with Gasteiger partial charge in [-0.05, 0) is 25.7 Å². The molecule has 2 heterocycles. The molecule has 0 spiro atoms. The summed E-state index contributed by atoms with van der Waals surface area (Å²) in [7, 11) is 0. The van der Waals surface area contributed by atoms with E-state index in [4.69, 9.17) is 4.74 Å². The van der Waals surface area contributed by atoms with E-state index in [1.165, 1.54) is 24.3 Å². The molecule has 2 aromatic rings. The van der Waals surface area contributed by atoms with Crippen LogP contribution in [0.25, 0.3) is 4.96 Å². The number of hydrogen-bond donors (Lipinski definition) is 0. The zero-order chi connectivity index (χ0) is 13.4. The molecule has 0 N–H and O–H groups in total. The molecule has 0 atom stereocenters. The topological polar surface area (TPSA) is 60.7 Å². The Kier molecular flexibility index (Phi) is 3.10. The number of esters is 1. The van der Waals surface area contributed by atoms with E-state index >= 15 is 0 Å². The molecule has 0 amide bonds. The number of carbonyl (C=O) groups excluding carboxylic acids is 1. The molecule has 19 heavy (non-hydrogen) atoms. The van der Waals surface area contributed by atoms with E-state index in [2.05, 4.69) is 4.98 Å². The highest BCUT2D eigenvalue weighted by atomic mass is 32.1. The van der Waals surface area contributed by atoms with E-state index in [1.807, 2.05) is 0 Å². The van der Waals surface area contributed by atoms with Gasteiger partial charge in [-0.15, -0.1) is 11.3 Å². The number of thiazole rings is 1. The molecule has 0 radical (unpaired) electrons. The summed E-state index contributed by atoms with van der Waals surface area (Å²) in [6.45, 7) is 1.40. The van der Waals surface area contributed by atoms with Crippen LogP contribution < -0.4 is 5.56 Å². The molecule has 0 aromatic carbocycles. The number of hydrogen-bond acceptors (Lipinski definition) is 5. The van der Waals surface area contributed by atoms with E-state index in [-0.39, 0.29) is 18.1 Å². The Morgan fingerprint density at radius 3 is 3.05 bits per heavy atom. The average molecular weight is 278 g/mol. The fourth-order valence-electron chi connectivity index (χ4n) is 2.39. The van der Waals surface area contributed by atoms with Gasteiger partial charge in [-0.3, -0.25) is 14.0 Å².